The molecule has 0 aliphatic carbocycles. The molecule has 5 heteroatoms. The molecule has 0 aromatic heterocycles. The molecule has 0 bridgehead atoms. The highest BCUT2D eigenvalue weighted by Gasteiger charge is 2.16. The molecule has 1 aromatic rings. The monoisotopic (exact) mass is 238 g/mol. The fourth-order valence-corrected chi connectivity index (χ4v) is 1.77. The summed E-state index contributed by atoms with van der Waals surface area (Å²) in [6.45, 7) is 6.19. The summed E-state index contributed by atoms with van der Waals surface area (Å²) in [5, 5.41) is 19.9. The third-order valence-corrected chi connectivity index (χ3v) is 2.69. The van der Waals surface area contributed by atoms with E-state index in [4.69, 9.17) is 5.11 Å². The summed E-state index contributed by atoms with van der Waals surface area (Å²) in [4.78, 5) is 12.4. The summed E-state index contributed by atoms with van der Waals surface area (Å²) in [5.74, 6) is 0. The first kappa shape index (κ1) is 13.4. The van der Waals surface area contributed by atoms with Crippen molar-refractivity contribution >= 4 is 11.4 Å². The maximum atomic E-state index is 10.9. The van der Waals surface area contributed by atoms with Crippen LogP contribution in [0.25, 0.3) is 0 Å². The van der Waals surface area contributed by atoms with Crippen LogP contribution < -0.4 is 4.90 Å². The van der Waals surface area contributed by atoms with E-state index in [0.29, 0.717) is 12.1 Å². The predicted octanol–water partition coefficient (Wildman–Crippen LogP) is 2.11. The van der Waals surface area contributed by atoms with Crippen molar-refractivity contribution in [3.05, 3.63) is 33.9 Å². The van der Waals surface area contributed by atoms with E-state index in [0.717, 1.165) is 5.69 Å². The van der Waals surface area contributed by atoms with Crippen LogP contribution in [0.3, 0.4) is 0 Å². The number of nitrogens with zero attached hydrogens (tertiary/aromatic N) is 2. The lowest BCUT2D eigenvalue weighted by molar-refractivity contribution is -0.385. The van der Waals surface area contributed by atoms with E-state index in [1.54, 1.807) is 19.1 Å². The number of aliphatic hydroxyl groups is 1. The van der Waals surface area contributed by atoms with Gasteiger partial charge >= 0.3 is 0 Å². The smallest absolute Gasteiger partial charge is 0.274 e. The minimum Gasteiger partial charge on any atom is -0.395 e. The second-order valence-corrected chi connectivity index (χ2v) is 4.24. The number of nitro groups is 1. The molecule has 0 unspecified atom stereocenters. The molecule has 0 radical (unpaired) electrons. The molecule has 1 N–H and O–H groups in total. The van der Waals surface area contributed by atoms with Crippen molar-refractivity contribution in [2.24, 2.45) is 0 Å². The number of hydrogen-bond donors (Lipinski definition) is 1. The second kappa shape index (κ2) is 5.63. The van der Waals surface area contributed by atoms with Crippen LogP contribution in [-0.2, 0) is 0 Å². The third kappa shape index (κ3) is 3.17. The van der Waals surface area contributed by atoms with Crippen LogP contribution in [0.15, 0.2) is 18.2 Å². The van der Waals surface area contributed by atoms with Gasteiger partial charge in [0.2, 0.25) is 0 Å². The summed E-state index contributed by atoms with van der Waals surface area (Å²) >= 11 is 0. The summed E-state index contributed by atoms with van der Waals surface area (Å²) in [7, 11) is 0. The second-order valence-electron chi connectivity index (χ2n) is 4.24. The van der Waals surface area contributed by atoms with Crippen LogP contribution in [0, 0.1) is 17.0 Å². The van der Waals surface area contributed by atoms with Crippen molar-refractivity contribution in [1.82, 2.24) is 0 Å². The van der Waals surface area contributed by atoms with E-state index in [2.05, 4.69) is 0 Å². The number of hydrogen-bond acceptors (Lipinski definition) is 4. The van der Waals surface area contributed by atoms with Crippen molar-refractivity contribution in [3.63, 3.8) is 0 Å². The van der Waals surface area contributed by atoms with Gasteiger partial charge < -0.3 is 10.0 Å². The molecule has 0 aliphatic rings. The minimum absolute atomic E-state index is 0.0276. The lowest BCUT2D eigenvalue weighted by Gasteiger charge is -2.28. The zero-order chi connectivity index (χ0) is 13.0. The van der Waals surface area contributed by atoms with E-state index in [9.17, 15) is 10.1 Å². The fourth-order valence-electron chi connectivity index (χ4n) is 1.77. The molecular weight excluding hydrogens is 220 g/mol. The highest BCUT2D eigenvalue weighted by molar-refractivity contribution is 5.57. The Balaban J connectivity index is 3.12. The molecule has 0 saturated carbocycles. The van der Waals surface area contributed by atoms with Gasteiger partial charge in [-0.15, -0.1) is 0 Å². The van der Waals surface area contributed by atoms with Crippen LogP contribution in [-0.4, -0.2) is 29.2 Å². The van der Waals surface area contributed by atoms with E-state index in [-0.39, 0.29) is 23.3 Å². The summed E-state index contributed by atoms with van der Waals surface area (Å²) in [6.07, 6.45) is 0. The molecule has 94 valence electrons. The Bertz CT molecular complexity index is 405. The quantitative estimate of drug-likeness (QED) is 0.630. The molecule has 17 heavy (non-hydrogen) atoms. The topological polar surface area (TPSA) is 66.6 Å². The normalized spacial score (nSPS) is 10.6. The van der Waals surface area contributed by atoms with E-state index in [1.165, 1.54) is 0 Å². The Morgan fingerprint density at radius 3 is 2.59 bits per heavy atom. The highest BCUT2D eigenvalue weighted by atomic mass is 16.6. The average Bonchev–Trinajstić information content (AvgIpc) is 2.26. The van der Waals surface area contributed by atoms with Gasteiger partial charge in [-0.05, 0) is 26.8 Å². The van der Waals surface area contributed by atoms with Crippen molar-refractivity contribution in [3.8, 4) is 0 Å². The van der Waals surface area contributed by atoms with Crippen molar-refractivity contribution in [2.45, 2.75) is 26.8 Å². The Labute approximate surface area is 101 Å². The van der Waals surface area contributed by atoms with Crippen LogP contribution in [0.4, 0.5) is 11.4 Å². The number of aryl methyl sites for hydroxylation is 1. The van der Waals surface area contributed by atoms with Gasteiger partial charge in [-0.25, -0.2) is 0 Å². The third-order valence-electron chi connectivity index (χ3n) is 2.69. The van der Waals surface area contributed by atoms with Gasteiger partial charge in [0.05, 0.1) is 11.5 Å². The Morgan fingerprint density at radius 1 is 1.47 bits per heavy atom. The first-order valence-corrected chi connectivity index (χ1v) is 5.60. The van der Waals surface area contributed by atoms with Crippen molar-refractivity contribution in [2.75, 3.05) is 18.1 Å². The number of nitro benzene ring substituents is 1. The van der Waals surface area contributed by atoms with Crippen LogP contribution in [0.1, 0.15) is 19.4 Å². The molecular formula is C12H18N2O3. The first-order valence-electron chi connectivity index (χ1n) is 5.60. The molecule has 0 saturated heterocycles. The molecule has 0 aliphatic heterocycles. The Kier molecular flexibility index (Phi) is 4.45. The SMILES string of the molecule is Cc1ccc(N(CCO)C(C)C)cc1[N+](=O)[O-]. The van der Waals surface area contributed by atoms with Gasteiger partial charge in [-0.2, -0.15) is 0 Å². The Morgan fingerprint density at radius 2 is 2.12 bits per heavy atom. The lowest BCUT2D eigenvalue weighted by atomic mass is 10.1. The maximum Gasteiger partial charge on any atom is 0.274 e. The molecule has 1 rings (SSSR count). The van der Waals surface area contributed by atoms with E-state index in [1.807, 2.05) is 24.8 Å². The summed E-state index contributed by atoms with van der Waals surface area (Å²) < 4.78 is 0. The largest absolute Gasteiger partial charge is 0.395 e. The zero-order valence-electron chi connectivity index (χ0n) is 10.4. The number of rotatable bonds is 5. The van der Waals surface area contributed by atoms with Gasteiger partial charge in [0.25, 0.3) is 5.69 Å². The first-order chi connectivity index (χ1) is 7.97. The summed E-state index contributed by atoms with van der Waals surface area (Å²) in [6, 6.07) is 5.33. The van der Waals surface area contributed by atoms with Crippen LogP contribution in [0.5, 0.6) is 0 Å². The fraction of sp³-hybridized carbons (Fsp3) is 0.500. The molecule has 0 fully saturated rings. The molecule has 0 amide bonds. The van der Waals surface area contributed by atoms with Gasteiger partial charge in [-0.1, -0.05) is 6.07 Å². The molecule has 1 aromatic carbocycles. The standard InChI is InChI=1S/C12H18N2O3/c1-9(2)13(6-7-15)11-5-4-10(3)12(8-11)14(16)17/h4-5,8-9,15H,6-7H2,1-3H3. The zero-order valence-corrected chi connectivity index (χ0v) is 10.4. The van der Waals surface area contributed by atoms with Gasteiger partial charge in [0, 0.05) is 29.9 Å². The number of anilines is 1. The van der Waals surface area contributed by atoms with Crippen LogP contribution in [0.2, 0.25) is 0 Å². The molecule has 0 spiro atoms. The lowest BCUT2D eigenvalue weighted by Crippen LogP contribution is -2.33. The van der Waals surface area contributed by atoms with Crippen molar-refractivity contribution < 1.29 is 10.0 Å². The highest BCUT2D eigenvalue weighted by Crippen LogP contribution is 2.26. The average molecular weight is 238 g/mol. The predicted molar refractivity (Wildman–Crippen MR) is 67.4 cm³/mol. The van der Waals surface area contributed by atoms with Gasteiger partial charge in [-0.3, -0.25) is 10.1 Å². The maximum absolute atomic E-state index is 10.9. The Hall–Kier alpha value is -1.62. The molecule has 0 atom stereocenters. The van der Waals surface area contributed by atoms with Gasteiger partial charge in [0.1, 0.15) is 0 Å². The number of aliphatic hydroxyl groups excluding tert-OH is 1. The molecule has 5 nitrogen and oxygen atoms in total. The van der Waals surface area contributed by atoms with Gasteiger partial charge in [0.15, 0.2) is 0 Å². The van der Waals surface area contributed by atoms with E-state index >= 15 is 0 Å². The number of benzene rings is 1. The summed E-state index contributed by atoms with van der Waals surface area (Å²) in [5.41, 5.74) is 1.53. The van der Waals surface area contributed by atoms with E-state index < -0.39 is 0 Å². The molecule has 0 heterocycles. The van der Waals surface area contributed by atoms with Crippen LogP contribution >= 0.6 is 0 Å². The minimum atomic E-state index is -0.379. The van der Waals surface area contributed by atoms with Crippen molar-refractivity contribution in [1.29, 1.82) is 0 Å².